The number of hydrogen-bond donors (Lipinski definition) is 1. The molecule has 4 nitrogen and oxygen atoms in total. The summed E-state index contributed by atoms with van der Waals surface area (Å²) in [6.45, 7) is 8.25. The van der Waals surface area contributed by atoms with Gasteiger partial charge in [-0.3, -0.25) is 0 Å². The minimum Gasteiger partial charge on any atom is -0.367 e. The molecule has 0 spiro atoms. The van der Waals surface area contributed by atoms with Crippen molar-refractivity contribution in [3.8, 4) is 0 Å². The van der Waals surface area contributed by atoms with Crippen LogP contribution in [0.2, 0.25) is 0 Å². The van der Waals surface area contributed by atoms with Gasteiger partial charge in [0.2, 0.25) is 0 Å². The normalized spacial score (nSPS) is 11.5. The van der Waals surface area contributed by atoms with Crippen molar-refractivity contribution < 1.29 is 0 Å². The summed E-state index contributed by atoms with van der Waals surface area (Å²) < 4.78 is 0. The lowest BCUT2D eigenvalue weighted by molar-refractivity contribution is 0.284. The van der Waals surface area contributed by atoms with Crippen LogP contribution in [0, 0.1) is 6.92 Å². The molecule has 2 rings (SSSR count). The second kappa shape index (κ2) is 5.97. The fourth-order valence-corrected chi connectivity index (χ4v) is 1.86. The number of nitrogens with one attached hydrogen (secondary N) is 1. The Morgan fingerprint density at radius 3 is 2.42 bits per heavy atom. The van der Waals surface area contributed by atoms with Crippen molar-refractivity contribution in [3.05, 3.63) is 30.0 Å². The summed E-state index contributed by atoms with van der Waals surface area (Å²) >= 11 is 0. The molecule has 0 saturated heterocycles. The fourth-order valence-electron chi connectivity index (χ4n) is 1.86. The second-order valence-corrected chi connectivity index (χ2v) is 5.15. The number of likely N-dealkylation sites (N-methyl/N-ethyl adjacent to an activating group) is 1. The first-order valence-electron chi connectivity index (χ1n) is 6.75. The predicted molar refractivity (Wildman–Crippen MR) is 80.5 cm³/mol. The summed E-state index contributed by atoms with van der Waals surface area (Å²) in [5.41, 5.74) is 2.84. The van der Waals surface area contributed by atoms with Gasteiger partial charge >= 0.3 is 0 Å². The Labute approximate surface area is 114 Å². The maximum atomic E-state index is 4.62. The van der Waals surface area contributed by atoms with Gasteiger partial charge in [-0.25, -0.2) is 9.97 Å². The molecular weight excluding hydrogens is 236 g/mol. The quantitative estimate of drug-likeness (QED) is 0.895. The number of rotatable bonds is 5. The molecule has 0 aliphatic carbocycles. The van der Waals surface area contributed by atoms with E-state index in [-0.39, 0.29) is 0 Å². The summed E-state index contributed by atoms with van der Waals surface area (Å²) in [6, 6.07) is 8.52. The zero-order valence-corrected chi connectivity index (χ0v) is 12.1. The van der Waals surface area contributed by atoms with E-state index in [0.717, 1.165) is 35.6 Å². The van der Waals surface area contributed by atoms with Gasteiger partial charge in [0.15, 0.2) is 0 Å². The van der Waals surface area contributed by atoms with Gasteiger partial charge in [0.05, 0.1) is 16.7 Å². The van der Waals surface area contributed by atoms with Crippen LogP contribution in [0.3, 0.4) is 0 Å². The zero-order valence-electron chi connectivity index (χ0n) is 12.1. The average molecular weight is 258 g/mol. The molecule has 0 unspecified atom stereocenters. The molecule has 0 radical (unpaired) electrons. The van der Waals surface area contributed by atoms with Gasteiger partial charge in [0.1, 0.15) is 5.82 Å². The van der Waals surface area contributed by atoms with Gasteiger partial charge < -0.3 is 10.2 Å². The van der Waals surface area contributed by atoms with Crippen molar-refractivity contribution in [3.63, 3.8) is 0 Å². The minimum atomic E-state index is 0.561. The number of aryl methyl sites for hydroxylation is 1. The van der Waals surface area contributed by atoms with Crippen LogP contribution in [0.15, 0.2) is 24.3 Å². The molecule has 0 atom stereocenters. The van der Waals surface area contributed by atoms with E-state index in [2.05, 4.69) is 41.1 Å². The van der Waals surface area contributed by atoms with Crippen molar-refractivity contribution in [1.82, 2.24) is 14.9 Å². The van der Waals surface area contributed by atoms with Crippen LogP contribution in [-0.4, -0.2) is 41.0 Å². The average Bonchev–Trinajstić information content (AvgIpc) is 2.39. The molecule has 4 heteroatoms. The molecule has 102 valence electrons. The molecule has 0 saturated carbocycles. The number of anilines is 1. The highest BCUT2D eigenvalue weighted by molar-refractivity contribution is 5.76. The molecule has 0 bridgehead atoms. The SMILES string of the molecule is Cc1nc2ccccc2nc1NCCN(C)C(C)C. The third-order valence-electron chi connectivity index (χ3n) is 3.38. The van der Waals surface area contributed by atoms with Crippen molar-refractivity contribution in [2.24, 2.45) is 0 Å². The molecule has 0 fully saturated rings. The first kappa shape index (κ1) is 13.7. The van der Waals surface area contributed by atoms with E-state index in [4.69, 9.17) is 0 Å². The Kier molecular flexibility index (Phi) is 4.32. The Morgan fingerprint density at radius 2 is 1.79 bits per heavy atom. The topological polar surface area (TPSA) is 41.1 Å². The number of benzene rings is 1. The molecule has 1 aromatic carbocycles. The van der Waals surface area contributed by atoms with E-state index < -0.39 is 0 Å². The lowest BCUT2D eigenvalue weighted by Gasteiger charge is -2.21. The summed E-state index contributed by atoms with van der Waals surface area (Å²) in [4.78, 5) is 11.5. The first-order valence-corrected chi connectivity index (χ1v) is 6.75. The highest BCUT2D eigenvalue weighted by atomic mass is 15.1. The highest BCUT2D eigenvalue weighted by Gasteiger charge is 2.06. The zero-order chi connectivity index (χ0) is 13.8. The van der Waals surface area contributed by atoms with Crippen molar-refractivity contribution in [2.75, 3.05) is 25.5 Å². The molecule has 2 aromatic rings. The molecule has 1 N–H and O–H groups in total. The number of nitrogens with zero attached hydrogens (tertiary/aromatic N) is 3. The molecule has 0 aliphatic rings. The molecule has 1 heterocycles. The highest BCUT2D eigenvalue weighted by Crippen LogP contribution is 2.15. The fraction of sp³-hybridized carbons (Fsp3) is 0.467. The lowest BCUT2D eigenvalue weighted by Crippen LogP contribution is -2.31. The van der Waals surface area contributed by atoms with E-state index in [1.165, 1.54) is 0 Å². The Bertz CT molecular complexity index is 551. The van der Waals surface area contributed by atoms with Crippen molar-refractivity contribution in [1.29, 1.82) is 0 Å². The molecule has 0 amide bonds. The van der Waals surface area contributed by atoms with E-state index >= 15 is 0 Å². The van der Waals surface area contributed by atoms with Crippen LogP contribution in [0.5, 0.6) is 0 Å². The van der Waals surface area contributed by atoms with Gasteiger partial charge in [-0.05, 0) is 40.0 Å². The smallest absolute Gasteiger partial charge is 0.148 e. The lowest BCUT2D eigenvalue weighted by atomic mass is 10.3. The standard InChI is InChI=1S/C15H22N4/c1-11(2)19(4)10-9-16-15-12(3)17-13-7-5-6-8-14(13)18-15/h5-8,11H,9-10H2,1-4H3,(H,16,18). The van der Waals surface area contributed by atoms with Gasteiger partial charge in [-0.1, -0.05) is 12.1 Å². The van der Waals surface area contributed by atoms with Crippen LogP contribution >= 0.6 is 0 Å². The van der Waals surface area contributed by atoms with Crippen molar-refractivity contribution in [2.45, 2.75) is 26.8 Å². The second-order valence-electron chi connectivity index (χ2n) is 5.15. The van der Waals surface area contributed by atoms with Gasteiger partial charge in [0.25, 0.3) is 0 Å². The Balaban J connectivity index is 2.06. The summed E-state index contributed by atoms with van der Waals surface area (Å²) in [6.07, 6.45) is 0. The van der Waals surface area contributed by atoms with E-state index in [9.17, 15) is 0 Å². The number of hydrogen-bond acceptors (Lipinski definition) is 4. The Hall–Kier alpha value is -1.68. The van der Waals surface area contributed by atoms with Crippen LogP contribution in [-0.2, 0) is 0 Å². The monoisotopic (exact) mass is 258 g/mol. The third-order valence-corrected chi connectivity index (χ3v) is 3.38. The van der Waals surface area contributed by atoms with Crippen LogP contribution in [0.1, 0.15) is 19.5 Å². The maximum Gasteiger partial charge on any atom is 0.148 e. The predicted octanol–water partition coefficient (Wildman–Crippen LogP) is 2.69. The summed E-state index contributed by atoms with van der Waals surface area (Å²) in [5, 5.41) is 3.38. The van der Waals surface area contributed by atoms with Crippen LogP contribution in [0.25, 0.3) is 11.0 Å². The molecule has 19 heavy (non-hydrogen) atoms. The third kappa shape index (κ3) is 3.41. The Morgan fingerprint density at radius 1 is 1.16 bits per heavy atom. The molecular formula is C15H22N4. The van der Waals surface area contributed by atoms with Crippen molar-refractivity contribution >= 4 is 16.9 Å². The molecule has 1 aromatic heterocycles. The van der Waals surface area contributed by atoms with E-state index in [0.29, 0.717) is 6.04 Å². The number of aromatic nitrogens is 2. The van der Waals surface area contributed by atoms with Gasteiger partial charge in [-0.2, -0.15) is 0 Å². The van der Waals surface area contributed by atoms with Gasteiger partial charge in [0, 0.05) is 19.1 Å². The van der Waals surface area contributed by atoms with Crippen LogP contribution < -0.4 is 5.32 Å². The first-order chi connectivity index (χ1) is 9.08. The number of fused-ring (bicyclic) bond motifs is 1. The minimum absolute atomic E-state index is 0.561. The van der Waals surface area contributed by atoms with E-state index in [1.807, 2.05) is 31.2 Å². The summed E-state index contributed by atoms with van der Waals surface area (Å²) in [5.74, 6) is 0.885. The van der Waals surface area contributed by atoms with E-state index in [1.54, 1.807) is 0 Å². The largest absolute Gasteiger partial charge is 0.367 e. The van der Waals surface area contributed by atoms with Gasteiger partial charge in [-0.15, -0.1) is 0 Å². The summed E-state index contributed by atoms with van der Waals surface area (Å²) in [7, 11) is 2.13. The maximum absolute atomic E-state index is 4.62. The number of para-hydroxylation sites is 2. The van der Waals surface area contributed by atoms with Crippen LogP contribution in [0.4, 0.5) is 5.82 Å². The molecule has 0 aliphatic heterocycles.